The van der Waals surface area contributed by atoms with Crippen molar-refractivity contribution in [3.05, 3.63) is 70.0 Å². The number of likely N-dealkylation sites (tertiary alicyclic amines) is 1. The van der Waals surface area contributed by atoms with Gasteiger partial charge in [-0.1, -0.05) is 12.1 Å². The minimum Gasteiger partial charge on any atom is -0.444 e. The van der Waals surface area contributed by atoms with Gasteiger partial charge in [0.15, 0.2) is 0 Å². The Morgan fingerprint density at radius 2 is 1.85 bits per heavy atom. The fraction of sp³-hybridized carbons (Fsp3) is 0.407. The molecule has 4 aromatic rings. The summed E-state index contributed by atoms with van der Waals surface area (Å²) in [6, 6.07) is 7.89. The van der Waals surface area contributed by atoms with Crippen molar-refractivity contribution >= 4 is 6.09 Å². The smallest absolute Gasteiger partial charge is 0.437 e. The van der Waals surface area contributed by atoms with Crippen LogP contribution in [-0.4, -0.2) is 54.6 Å². The van der Waals surface area contributed by atoms with Gasteiger partial charge >= 0.3 is 18.3 Å². The van der Waals surface area contributed by atoms with Gasteiger partial charge in [-0.2, -0.15) is 13.5 Å². The van der Waals surface area contributed by atoms with Crippen LogP contribution in [0.5, 0.6) is 0 Å². The molecule has 0 atom stereocenters. The number of carbonyl (C=O) groups is 1. The molecule has 216 valence electrons. The third-order valence-corrected chi connectivity index (χ3v) is 6.46. The Balaban J connectivity index is 1.28. The Labute approximate surface area is 232 Å². The van der Waals surface area contributed by atoms with E-state index in [1.807, 2.05) is 0 Å². The first-order valence-electron chi connectivity index (χ1n) is 12.9. The summed E-state index contributed by atoms with van der Waals surface area (Å²) in [6.45, 7) is 6.18. The first-order chi connectivity index (χ1) is 19.5. The zero-order chi connectivity index (χ0) is 29.3. The van der Waals surface area contributed by atoms with Gasteiger partial charge in [-0.15, -0.1) is 15.3 Å². The molecule has 1 saturated heterocycles. The molecular weight excluding hydrogens is 545 g/mol. The Morgan fingerprint density at radius 3 is 2.49 bits per heavy atom. The molecule has 1 aliphatic rings. The lowest BCUT2D eigenvalue weighted by molar-refractivity contribution is 0.0204. The van der Waals surface area contributed by atoms with Crippen molar-refractivity contribution in [2.24, 2.45) is 0 Å². The van der Waals surface area contributed by atoms with Crippen molar-refractivity contribution in [2.45, 2.75) is 58.1 Å². The minimum absolute atomic E-state index is 0.0439. The number of hydrogen-bond donors (Lipinski definition) is 0. The molecule has 0 radical (unpaired) electrons. The summed E-state index contributed by atoms with van der Waals surface area (Å²) in [6.07, 6.45) is -0.850. The van der Waals surface area contributed by atoms with E-state index in [9.17, 15) is 18.4 Å². The molecule has 1 amide bonds. The van der Waals surface area contributed by atoms with Crippen molar-refractivity contribution in [1.82, 2.24) is 29.9 Å². The number of hydrogen-bond acceptors (Lipinski definition) is 9. The summed E-state index contributed by atoms with van der Waals surface area (Å²) in [5.41, 5.74) is 0.617. The van der Waals surface area contributed by atoms with Crippen LogP contribution in [0.3, 0.4) is 0 Å². The summed E-state index contributed by atoms with van der Waals surface area (Å²) in [4.78, 5) is 30.7. The molecule has 1 fully saturated rings. The van der Waals surface area contributed by atoms with Crippen LogP contribution in [0.15, 0.2) is 50.2 Å². The number of aromatic nitrogens is 5. The Kier molecular flexibility index (Phi) is 7.65. The molecule has 1 aliphatic heterocycles. The number of nitrogens with zero attached hydrogens (tertiary/aromatic N) is 6. The molecule has 0 N–H and O–H groups in total. The van der Waals surface area contributed by atoms with E-state index in [4.69, 9.17) is 13.6 Å². The lowest BCUT2D eigenvalue weighted by Gasteiger charge is -2.33. The van der Waals surface area contributed by atoms with Crippen molar-refractivity contribution in [2.75, 3.05) is 13.1 Å². The number of halogens is 3. The van der Waals surface area contributed by atoms with E-state index in [0.29, 0.717) is 42.8 Å². The predicted octanol–water partition coefficient (Wildman–Crippen LogP) is 5.19. The number of carbonyl (C=O) groups excluding carboxylic acids is 1. The lowest BCUT2D eigenvalue weighted by atomic mass is 9.88. The molecule has 14 heteroatoms. The van der Waals surface area contributed by atoms with Gasteiger partial charge < -0.3 is 18.5 Å². The molecule has 0 unspecified atom stereocenters. The third kappa shape index (κ3) is 6.31. The summed E-state index contributed by atoms with van der Waals surface area (Å²) in [7, 11) is 0. The summed E-state index contributed by atoms with van der Waals surface area (Å²) >= 11 is 0. The van der Waals surface area contributed by atoms with Gasteiger partial charge in [0.25, 0.3) is 11.8 Å². The number of ether oxygens (including phenoxy) is 1. The predicted molar refractivity (Wildman–Crippen MR) is 138 cm³/mol. The second-order valence-electron chi connectivity index (χ2n) is 10.6. The van der Waals surface area contributed by atoms with Gasteiger partial charge in [0.1, 0.15) is 11.4 Å². The van der Waals surface area contributed by atoms with Gasteiger partial charge in [-0.05, 0) is 63.3 Å². The largest absolute Gasteiger partial charge is 0.444 e. The van der Waals surface area contributed by atoms with Crippen LogP contribution in [0.25, 0.3) is 22.9 Å². The van der Waals surface area contributed by atoms with Crippen molar-refractivity contribution in [3.8, 4) is 22.9 Å². The van der Waals surface area contributed by atoms with E-state index in [0.717, 1.165) is 4.68 Å². The molecule has 0 aliphatic carbocycles. The van der Waals surface area contributed by atoms with Gasteiger partial charge in [-0.3, -0.25) is 4.98 Å². The molecule has 0 saturated carbocycles. The van der Waals surface area contributed by atoms with Crippen LogP contribution in [0, 0.1) is 5.82 Å². The lowest BCUT2D eigenvalue weighted by Crippen LogP contribution is -2.41. The van der Waals surface area contributed by atoms with E-state index in [1.54, 1.807) is 37.8 Å². The molecule has 41 heavy (non-hydrogen) atoms. The number of pyridine rings is 1. The number of benzene rings is 1. The topological polar surface area (TPSA) is 129 Å². The number of rotatable bonds is 6. The van der Waals surface area contributed by atoms with Gasteiger partial charge in [0.2, 0.25) is 5.89 Å². The standard InChI is InChI=1S/C27H27F3N6O5/c1-27(2,3)41-25(37)35-11-9-15(10-12-35)18-5-4-6-19(20(18)28)23-34-36(26(38)40-23)14-17-8-7-16(13-31-17)22-32-33-24(39-22)21(29)30/h4-8,13,15,21H,9-12,14H2,1-3H3. The monoisotopic (exact) mass is 572 g/mol. The van der Waals surface area contributed by atoms with E-state index in [2.05, 4.69) is 20.3 Å². The quantitative estimate of drug-likeness (QED) is 0.307. The van der Waals surface area contributed by atoms with Crippen LogP contribution in [0.2, 0.25) is 0 Å². The van der Waals surface area contributed by atoms with Crippen LogP contribution >= 0.6 is 0 Å². The molecule has 1 aromatic carbocycles. The Bertz CT molecular complexity index is 1580. The first-order valence-corrected chi connectivity index (χ1v) is 12.9. The molecule has 11 nitrogen and oxygen atoms in total. The van der Waals surface area contributed by atoms with Gasteiger partial charge in [0.05, 0.1) is 23.4 Å². The maximum Gasteiger partial charge on any atom is 0.437 e. The molecule has 0 bridgehead atoms. The summed E-state index contributed by atoms with van der Waals surface area (Å²) in [5.74, 6) is -2.58. The highest BCUT2D eigenvalue weighted by molar-refractivity contribution is 5.68. The highest BCUT2D eigenvalue weighted by Gasteiger charge is 2.30. The number of piperidine rings is 1. The van der Waals surface area contributed by atoms with Crippen molar-refractivity contribution in [1.29, 1.82) is 0 Å². The average Bonchev–Trinajstić information content (AvgIpc) is 3.56. The molecule has 0 spiro atoms. The Hall–Kier alpha value is -4.49. The molecule has 4 heterocycles. The van der Waals surface area contributed by atoms with Gasteiger partial charge in [0, 0.05) is 19.3 Å². The minimum atomic E-state index is -2.89. The summed E-state index contributed by atoms with van der Waals surface area (Å²) in [5, 5.41) is 11.0. The summed E-state index contributed by atoms with van der Waals surface area (Å²) < 4.78 is 57.6. The zero-order valence-corrected chi connectivity index (χ0v) is 22.5. The third-order valence-electron chi connectivity index (χ3n) is 6.46. The normalized spacial score (nSPS) is 14.6. The van der Waals surface area contributed by atoms with E-state index >= 15 is 4.39 Å². The zero-order valence-electron chi connectivity index (χ0n) is 22.5. The van der Waals surface area contributed by atoms with Crippen LogP contribution in [0.1, 0.15) is 63.1 Å². The first kappa shape index (κ1) is 28.1. The van der Waals surface area contributed by atoms with Gasteiger partial charge in [-0.25, -0.2) is 14.0 Å². The van der Waals surface area contributed by atoms with Crippen LogP contribution in [0.4, 0.5) is 18.0 Å². The molecule has 5 rings (SSSR count). The SMILES string of the molecule is CC(C)(C)OC(=O)N1CCC(c2cccc(-c3nn(Cc4ccc(-c5nnc(C(F)F)o5)cn4)c(=O)o3)c2F)CC1. The number of alkyl halides is 2. The van der Waals surface area contributed by atoms with E-state index in [-0.39, 0.29) is 29.8 Å². The molecular formula is C27H27F3N6O5. The Morgan fingerprint density at radius 1 is 1.10 bits per heavy atom. The second-order valence-corrected chi connectivity index (χ2v) is 10.6. The second kappa shape index (κ2) is 11.2. The average molecular weight is 573 g/mol. The van der Waals surface area contributed by atoms with Crippen molar-refractivity contribution in [3.63, 3.8) is 0 Å². The highest BCUT2D eigenvalue weighted by atomic mass is 19.3. The van der Waals surface area contributed by atoms with Crippen LogP contribution in [-0.2, 0) is 11.3 Å². The number of amides is 1. The fourth-order valence-electron chi connectivity index (χ4n) is 4.48. The van der Waals surface area contributed by atoms with E-state index < -0.39 is 35.6 Å². The van der Waals surface area contributed by atoms with Crippen molar-refractivity contribution < 1.29 is 31.5 Å². The highest BCUT2D eigenvalue weighted by Crippen LogP contribution is 2.34. The fourth-order valence-corrected chi connectivity index (χ4v) is 4.48. The van der Waals surface area contributed by atoms with E-state index in [1.165, 1.54) is 24.4 Å². The molecule has 3 aromatic heterocycles. The maximum absolute atomic E-state index is 15.7. The van der Waals surface area contributed by atoms with Crippen LogP contribution < -0.4 is 5.76 Å². The maximum atomic E-state index is 15.7.